The lowest BCUT2D eigenvalue weighted by molar-refractivity contribution is 0.238. The number of benzene rings is 3. The van der Waals surface area contributed by atoms with Crippen LogP contribution in [0.25, 0.3) is 20.5 Å². The number of hydrogen-bond acceptors (Lipinski definition) is 4. The zero-order valence-electron chi connectivity index (χ0n) is 17.6. The molecule has 1 fully saturated rings. The molecule has 0 saturated carbocycles. The van der Waals surface area contributed by atoms with Crippen LogP contribution in [0.2, 0.25) is 0 Å². The lowest BCUT2D eigenvalue weighted by atomic mass is 9.99. The monoisotopic (exact) mass is 429 g/mol. The van der Waals surface area contributed by atoms with Gasteiger partial charge in [0.1, 0.15) is 18.1 Å². The molecule has 31 heavy (non-hydrogen) atoms. The first kappa shape index (κ1) is 20.1. The molecular formula is C27H27NO2S. The summed E-state index contributed by atoms with van der Waals surface area (Å²) in [6.45, 7) is 4.17. The van der Waals surface area contributed by atoms with Crippen LogP contribution >= 0.6 is 11.3 Å². The molecule has 0 bridgehead atoms. The molecule has 1 N–H and O–H groups in total. The lowest BCUT2D eigenvalue weighted by Gasteiger charge is -2.15. The Morgan fingerprint density at radius 2 is 1.61 bits per heavy atom. The summed E-state index contributed by atoms with van der Waals surface area (Å²) in [7, 11) is 0. The topological polar surface area (TPSA) is 32.7 Å². The van der Waals surface area contributed by atoms with E-state index < -0.39 is 0 Å². The summed E-state index contributed by atoms with van der Waals surface area (Å²) >= 11 is 1.84. The molecule has 0 radical (unpaired) electrons. The molecule has 0 amide bonds. The van der Waals surface area contributed by atoms with Crippen LogP contribution in [-0.4, -0.2) is 36.2 Å². The van der Waals surface area contributed by atoms with E-state index in [1.54, 1.807) is 12.1 Å². The van der Waals surface area contributed by atoms with Gasteiger partial charge in [-0.2, -0.15) is 0 Å². The van der Waals surface area contributed by atoms with Crippen molar-refractivity contribution in [2.45, 2.75) is 19.3 Å². The van der Waals surface area contributed by atoms with E-state index in [4.69, 9.17) is 4.74 Å². The van der Waals surface area contributed by atoms with Gasteiger partial charge in [0.05, 0.1) is 0 Å². The highest BCUT2D eigenvalue weighted by Gasteiger charge is 2.15. The van der Waals surface area contributed by atoms with Crippen LogP contribution in [0.15, 0.2) is 72.8 Å². The number of aromatic hydroxyl groups is 1. The van der Waals surface area contributed by atoms with Gasteiger partial charge in [-0.3, -0.25) is 4.90 Å². The summed E-state index contributed by atoms with van der Waals surface area (Å²) in [6, 6.07) is 24.7. The van der Waals surface area contributed by atoms with Gasteiger partial charge in [-0.1, -0.05) is 30.3 Å². The molecule has 158 valence electrons. The second-order valence-electron chi connectivity index (χ2n) is 8.17. The first-order chi connectivity index (χ1) is 15.3. The van der Waals surface area contributed by atoms with Crippen molar-refractivity contribution in [3.63, 3.8) is 0 Å². The van der Waals surface area contributed by atoms with Crippen molar-refractivity contribution in [1.82, 2.24) is 4.90 Å². The van der Waals surface area contributed by atoms with Gasteiger partial charge in [-0.15, -0.1) is 11.3 Å². The molecular weight excluding hydrogens is 402 g/mol. The number of fused-ring (bicyclic) bond motifs is 1. The van der Waals surface area contributed by atoms with Gasteiger partial charge in [-0.25, -0.2) is 0 Å². The molecule has 4 heteroatoms. The molecule has 1 saturated heterocycles. The van der Waals surface area contributed by atoms with Crippen molar-refractivity contribution in [2.24, 2.45) is 0 Å². The predicted molar refractivity (Wildman–Crippen MR) is 129 cm³/mol. The van der Waals surface area contributed by atoms with Gasteiger partial charge in [0.25, 0.3) is 0 Å². The minimum atomic E-state index is 0.305. The Balaban J connectivity index is 1.38. The maximum atomic E-state index is 9.62. The van der Waals surface area contributed by atoms with E-state index in [2.05, 4.69) is 53.4 Å². The zero-order chi connectivity index (χ0) is 21.0. The molecule has 0 unspecified atom stereocenters. The predicted octanol–water partition coefficient (Wildman–Crippen LogP) is 6.34. The van der Waals surface area contributed by atoms with Crippen molar-refractivity contribution >= 4 is 21.4 Å². The first-order valence-corrected chi connectivity index (χ1v) is 11.8. The molecule has 3 nitrogen and oxygen atoms in total. The Morgan fingerprint density at radius 1 is 0.871 bits per heavy atom. The van der Waals surface area contributed by atoms with Gasteiger partial charge in [0.15, 0.2) is 0 Å². The van der Waals surface area contributed by atoms with Crippen LogP contribution in [0.5, 0.6) is 11.5 Å². The number of phenols is 1. The van der Waals surface area contributed by atoms with Gasteiger partial charge >= 0.3 is 0 Å². The summed E-state index contributed by atoms with van der Waals surface area (Å²) in [5.74, 6) is 1.24. The summed E-state index contributed by atoms with van der Waals surface area (Å²) in [5, 5.41) is 10.9. The normalized spacial score (nSPS) is 14.3. The molecule has 5 rings (SSSR count). The largest absolute Gasteiger partial charge is 0.508 e. The van der Waals surface area contributed by atoms with Gasteiger partial charge in [-0.05, 0) is 96.9 Å². The van der Waals surface area contributed by atoms with Crippen molar-refractivity contribution < 1.29 is 9.84 Å². The van der Waals surface area contributed by atoms with E-state index in [1.165, 1.54) is 57.6 Å². The molecule has 3 aromatic carbocycles. The Kier molecular flexibility index (Phi) is 5.92. The highest BCUT2D eigenvalue weighted by molar-refractivity contribution is 7.22. The second-order valence-corrected chi connectivity index (χ2v) is 9.22. The number of hydrogen-bond donors (Lipinski definition) is 1. The summed E-state index contributed by atoms with van der Waals surface area (Å²) in [5.41, 5.74) is 3.76. The number of likely N-dealkylation sites (tertiary alicyclic amines) is 1. The summed E-state index contributed by atoms with van der Waals surface area (Å²) < 4.78 is 7.30. The van der Waals surface area contributed by atoms with Crippen LogP contribution in [-0.2, 0) is 6.42 Å². The molecule has 0 spiro atoms. The van der Waals surface area contributed by atoms with E-state index in [9.17, 15) is 5.11 Å². The third-order valence-electron chi connectivity index (χ3n) is 6.01. The second kappa shape index (κ2) is 9.13. The van der Waals surface area contributed by atoms with Crippen molar-refractivity contribution in [3.8, 4) is 21.9 Å². The van der Waals surface area contributed by atoms with Gasteiger partial charge < -0.3 is 9.84 Å². The number of ether oxygens (including phenoxy) is 1. The van der Waals surface area contributed by atoms with Gasteiger partial charge in [0.2, 0.25) is 0 Å². The van der Waals surface area contributed by atoms with Crippen LogP contribution < -0.4 is 4.74 Å². The quantitative estimate of drug-likeness (QED) is 0.372. The molecule has 0 aliphatic carbocycles. The average Bonchev–Trinajstić information content (AvgIpc) is 3.44. The Labute approximate surface area is 187 Å². The Hall–Kier alpha value is -2.82. The number of nitrogens with zero attached hydrogens (tertiary/aromatic N) is 1. The number of rotatable bonds is 7. The Bertz CT molecular complexity index is 1140. The third-order valence-corrected chi connectivity index (χ3v) is 7.27. The molecule has 1 aliphatic rings. The standard InChI is InChI=1S/C27H27NO2S/c29-22-11-7-20(8-12-22)19-25-24-5-1-2-6-26(24)31-27(25)21-9-13-23(14-10-21)30-18-17-28-15-3-4-16-28/h1-2,5-14,29H,3-4,15-19H2. The molecule has 0 atom stereocenters. The summed E-state index contributed by atoms with van der Waals surface area (Å²) in [6.07, 6.45) is 3.47. The number of phenolic OH excluding ortho intramolecular Hbond substituents is 1. The highest BCUT2D eigenvalue weighted by Crippen LogP contribution is 2.40. The fourth-order valence-corrected chi connectivity index (χ4v) is 5.55. The SMILES string of the molecule is Oc1ccc(Cc2c(-c3ccc(OCCN4CCCC4)cc3)sc3ccccc23)cc1. The maximum absolute atomic E-state index is 9.62. The van der Waals surface area contributed by atoms with Crippen LogP contribution in [0.4, 0.5) is 0 Å². The van der Waals surface area contributed by atoms with E-state index in [-0.39, 0.29) is 0 Å². The van der Waals surface area contributed by atoms with Crippen LogP contribution in [0, 0.1) is 0 Å². The van der Waals surface area contributed by atoms with Crippen molar-refractivity contribution in [2.75, 3.05) is 26.2 Å². The maximum Gasteiger partial charge on any atom is 0.119 e. The lowest BCUT2D eigenvalue weighted by Crippen LogP contribution is -2.25. The fraction of sp³-hybridized carbons (Fsp3) is 0.259. The minimum Gasteiger partial charge on any atom is -0.508 e. The fourth-order valence-electron chi connectivity index (χ4n) is 4.33. The first-order valence-electron chi connectivity index (χ1n) is 11.0. The summed E-state index contributed by atoms with van der Waals surface area (Å²) in [4.78, 5) is 3.78. The van der Waals surface area contributed by atoms with Gasteiger partial charge in [0, 0.05) is 16.1 Å². The van der Waals surface area contributed by atoms with Crippen LogP contribution in [0.3, 0.4) is 0 Å². The smallest absolute Gasteiger partial charge is 0.119 e. The molecule has 2 heterocycles. The van der Waals surface area contributed by atoms with E-state index in [0.717, 1.165) is 25.3 Å². The van der Waals surface area contributed by atoms with Crippen molar-refractivity contribution in [3.05, 3.63) is 83.9 Å². The van der Waals surface area contributed by atoms with Crippen LogP contribution in [0.1, 0.15) is 24.0 Å². The molecule has 4 aromatic rings. The zero-order valence-corrected chi connectivity index (χ0v) is 18.4. The molecule has 1 aromatic heterocycles. The average molecular weight is 430 g/mol. The van der Waals surface area contributed by atoms with E-state index in [1.807, 2.05) is 23.5 Å². The van der Waals surface area contributed by atoms with E-state index in [0.29, 0.717) is 5.75 Å². The molecule has 1 aliphatic heterocycles. The van der Waals surface area contributed by atoms with E-state index >= 15 is 0 Å². The highest BCUT2D eigenvalue weighted by atomic mass is 32.1. The minimum absolute atomic E-state index is 0.305. The Morgan fingerprint density at radius 3 is 2.39 bits per heavy atom. The van der Waals surface area contributed by atoms with Crippen molar-refractivity contribution in [1.29, 1.82) is 0 Å². The number of thiophene rings is 1. The third kappa shape index (κ3) is 4.60.